The summed E-state index contributed by atoms with van der Waals surface area (Å²) >= 11 is 0. The van der Waals surface area contributed by atoms with E-state index in [1.807, 2.05) is 0 Å². The molecule has 1 saturated carbocycles. The van der Waals surface area contributed by atoms with Gasteiger partial charge in [0.2, 0.25) is 0 Å². The Hall–Kier alpha value is -2.35. The largest absolute Gasteiger partial charge is 0.464 e. The zero-order valence-electron chi connectivity index (χ0n) is 18.1. The Morgan fingerprint density at radius 1 is 1.13 bits per heavy atom. The van der Waals surface area contributed by atoms with E-state index in [1.165, 1.54) is 4.90 Å². The van der Waals surface area contributed by atoms with Crippen LogP contribution in [0.15, 0.2) is 16.5 Å². The molecule has 3 rings (SSSR count). The molecule has 3 amide bonds. The predicted octanol–water partition coefficient (Wildman–Crippen LogP) is 2.22. The van der Waals surface area contributed by atoms with Gasteiger partial charge in [0.25, 0.3) is 5.91 Å². The van der Waals surface area contributed by atoms with Gasteiger partial charge in [-0.05, 0) is 58.6 Å². The van der Waals surface area contributed by atoms with E-state index in [1.54, 1.807) is 32.9 Å². The van der Waals surface area contributed by atoms with E-state index in [-0.39, 0.29) is 24.1 Å². The molecule has 30 heavy (non-hydrogen) atoms. The number of ether oxygens (including phenoxy) is 1. The number of rotatable bonds is 7. The van der Waals surface area contributed by atoms with Crippen molar-refractivity contribution in [2.45, 2.75) is 83.5 Å². The maximum atomic E-state index is 13.2. The van der Waals surface area contributed by atoms with Crippen molar-refractivity contribution in [2.24, 2.45) is 0 Å². The highest BCUT2D eigenvalue weighted by Crippen LogP contribution is 2.26. The van der Waals surface area contributed by atoms with Gasteiger partial charge in [0.05, 0.1) is 6.10 Å². The van der Waals surface area contributed by atoms with E-state index in [2.05, 4.69) is 10.6 Å². The van der Waals surface area contributed by atoms with Crippen molar-refractivity contribution in [1.29, 1.82) is 0 Å². The third kappa shape index (κ3) is 5.41. The fraction of sp³-hybridized carbons (Fsp3) is 0.682. The minimum atomic E-state index is -1.03. The number of nitrogens with one attached hydrogen (secondary N) is 2. The number of furan rings is 1. The summed E-state index contributed by atoms with van der Waals surface area (Å²) in [5.41, 5.74) is 0. The molecular weight excluding hydrogens is 386 g/mol. The molecule has 2 N–H and O–H groups in total. The summed E-state index contributed by atoms with van der Waals surface area (Å²) in [6.07, 6.45) is 5.69. The van der Waals surface area contributed by atoms with Crippen LogP contribution in [0.2, 0.25) is 0 Å². The molecule has 8 nitrogen and oxygen atoms in total. The fourth-order valence-corrected chi connectivity index (χ4v) is 4.19. The van der Waals surface area contributed by atoms with Gasteiger partial charge in [0.15, 0.2) is 6.04 Å². The standard InChI is InChI=1S/C22H33N3O5/c1-14(2)25(22(28)21(27)24-16-7-4-5-8-16)19(18-11-10-15(3)30-18)20(26)23-13-17-9-6-12-29-17/h10-11,14,16-17,19H,4-9,12-13H2,1-3H3,(H,23,26)(H,24,27)/t17-,19-/m0/s1. The lowest BCUT2D eigenvalue weighted by Crippen LogP contribution is -2.53. The molecule has 0 unspecified atom stereocenters. The lowest BCUT2D eigenvalue weighted by Gasteiger charge is -2.33. The van der Waals surface area contributed by atoms with Crippen LogP contribution in [0.25, 0.3) is 0 Å². The first kappa shape index (κ1) is 22.3. The van der Waals surface area contributed by atoms with Gasteiger partial charge in [-0.25, -0.2) is 0 Å². The molecule has 0 bridgehead atoms. The number of aryl methyl sites for hydroxylation is 1. The highest BCUT2D eigenvalue weighted by atomic mass is 16.5. The van der Waals surface area contributed by atoms with Gasteiger partial charge in [-0.2, -0.15) is 0 Å². The summed E-state index contributed by atoms with van der Waals surface area (Å²) in [5.74, 6) is -0.795. The first-order valence-corrected chi connectivity index (χ1v) is 11.0. The number of hydrogen-bond donors (Lipinski definition) is 2. The second-order valence-corrected chi connectivity index (χ2v) is 8.49. The van der Waals surface area contributed by atoms with Crippen LogP contribution < -0.4 is 10.6 Å². The third-order valence-corrected chi connectivity index (χ3v) is 5.76. The number of carbonyl (C=O) groups excluding carboxylic acids is 3. The molecule has 1 saturated heterocycles. The van der Waals surface area contributed by atoms with Crippen molar-refractivity contribution in [1.82, 2.24) is 15.5 Å². The van der Waals surface area contributed by atoms with Gasteiger partial charge < -0.3 is 24.7 Å². The quantitative estimate of drug-likeness (QED) is 0.660. The van der Waals surface area contributed by atoms with Crippen molar-refractivity contribution in [3.05, 3.63) is 23.7 Å². The van der Waals surface area contributed by atoms with E-state index in [0.29, 0.717) is 24.7 Å². The average Bonchev–Trinajstić information content (AvgIpc) is 3.46. The molecule has 0 aromatic carbocycles. The molecule has 0 spiro atoms. The zero-order chi connectivity index (χ0) is 21.7. The van der Waals surface area contributed by atoms with E-state index >= 15 is 0 Å². The Kier molecular flexibility index (Phi) is 7.53. The van der Waals surface area contributed by atoms with E-state index in [9.17, 15) is 14.4 Å². The van der Waals surface area contributed by atoms with Crippen molar-refractivity contribution < 1.29 is 23.5 Å². The Bertz CT molecular complexity index is 748. The SMILES string of the molecule is Cc1ccc([C@@H](C(=O)NC[C@@H]2CCCO2)N(C(=O)C(=O)NC2CCCC2)C(C)C)o1. The van der Waals surface area contributed by atoms with Crippen molar-refractivity contribution in [3.63, 3.8) is 0 Å². The van der Waals surface area contributed by atoms with Crippen molar-refractivity contribution >= 4 is 17.7 Å². The maximum Gasteiger partial charge on any atom is 0.313 e. The monoisotopic (exact) mass is 419 g/mol. The van der Waals surface area contributed by atoms with Crippen LogP contribution in [0, 0.1) is 6.92 Å². The summed E-state index contributed by atoms with van der Waals surface area (Å²) in [6, 6.07) is 2.05. The van der Waals surface area contributed by atoms with Crippen LogP contribution in [-0.4, -0.2) is 54.0 Å². The molecule has 1 aliphatic heterocycles. The van der Waals surface area contributed by atoms with Gasteiger partial charge in [0.1, 0.15) is 11.5 Å². The second-order valence-electron chi connectivity index (χ2n) is 8.49. The predicted molar refractivity (Wildman–Crippen MR) is 111 cm³/mol. The van der Waals surface area contributed by atoms with Gasteiger partial charge in [-0.3, -0.25) is 14.4 Å². The van der Waals surface area contributed by atoms with Gasteiger partial charge in [-0.1, -0.05) is 12.8 Å². The molecule has 2 atom stereocenters. The van der Waals surface area contributed by atoms with Gasteiger partial charge >= 0.3 is 11.8 Å². The minimum absolute atomic E-state index is 0.0214. The molecular formula is C22H33N3O5. The Morgan fingerprint density at radius 2 is 1.87 bits per heavy atom. The number of hydrogen-bond acceptors (Lipinski definition) is 5. The summed E-state index contributed by atoms with van der Waals surface area (Å²) < 4.78 is 11.3. The zero-order valence-corrected chi connectivity index (χ0v) is 18.1. The summed E-state index contributed by atoms with van der Waals surface area (Å²) in [7, 11) is 0. The molecule has 166 valence electrons. The van der Waals surface area contributed by atoms with E-state index < -0.39 is 17.9 Å². The first-order valence-electron chi connectivity index (χ1n) is 11.0. The van der Waals surface area contributed by atoms with Crippen LogP contribution in [0.5, 0.6) is 0 Å². The Labute approximate surface area is 177 Å². The molecule has 2 heterocycles. The van der Waals surface area contributed by atoms with Gasteiger partial charge in [-0.15, -0.1) is 0 Å². The van der Waals surface area contributed by atoms with Crippen molar-refractivity contribution in [2.75, 3.05) is 13.2 Å². The molecule has 2 aliphatic rings. The summed E-state index contributed by atoms with van der Waals surface area (Å²) in [5, 5.41) is 5.71. The number of nitrogens with zero attached hydrogens (tertiary/aromatic N) is 1. The molecule has 1 aromatic heterocycles. The van der Waals surface area contributed by atoms with Crippen molar-refractivity contribution in [3.8, 4) is 0 Å². The average molecular weight is 420 g/mol. The smallest absolute Gasteiger partial charge is 0.313 e. The molecule has 0 radical (unpaired) electrons. The normalized spacial score (nSPS) is 20.3. The van der Waals surface area contributed by atoms with Crippen LogP contribution in [0.1, 0.15) is 69.9 Å². The van der Waals surface area contributed by atoms with Gasteiger partial charge in [0, 0.05) is 25.2 Å². The molecule has 1 aromatic rings. The first-order chi connectivity index (χ1) is 14.4. The second kappa shape index (κ2) is 10.1. The number of amides is 3. The summed E-state index contributed by atoms with van der Waals surface area (Å²) in [4.78, 5) is 40.3. The Morgan fingerprint density at radius 3 is 2.43 bits per heavy atom. The third-order valence-electron chi connectivity index (χ3n) is 5.76. The lowest BCUT2D eigenvalue weighted by atomic mass is 10.1. The number of carbonyl (C=O) groups is 3. The topological polar surface area (TPSA) is 101 Å². The summed E-state index contributed by atoms with van der Waals surface area (Å²) in [6.45, 7) is 6.41. The van der Waals surface area contributed by atoms with Crippen LogP contribution in [-0.2, 0) is 19.1 Å². The highest BCUT2D eigenvalue weighted by molar-refractivity contribution is 6.35. The Balaban J connectivity index is 1.79. The highest BCUT2D eigenvalue weighted by Gasteiger charge is 2.39. The lowest BCUT2D eigenvalue weighted by molar-refractivity contribution is -0.152. The van der Waals surface area contributed by atoms with Crippen LogP contribution >= 0.6 is 0 Å². The maximum absolute atomic E-state index is 13.2. The van der Waals surface area contributed by atoms with E-state index in [4.69, 9.17) is 9.15 Å². The van der Waals surface area contributed by atoms with Crippen LogP contribution in [0.4, 0.5) is 0 Å². The molecule has 2 fully saturated rings. The van der Waals surface area contributed by atoms with E-state index in [0.717, 1.165) is 38.5 Å². The van der Waals surface area contributed by atoms with Crippen LogP contribution in [0.3, 0.4) is 0 Å². The minimum Gasteiger partial charge on any atom is -0.464 e. The fourth-order valence-electron chi connectivity index (χ4n) is 4.19. The molecule has 1 aliphatic carbocycles. The molecule has 8 heteroatoms.